The van der Waals surface area contributed by atoms with Crippen molar-refractivity contribution < 1.29 is 23.8 Å². The van der Waals surface area contributed by atoms with Crippen LogP contribution in [0, 0.1) is 5.41 Å². The van der Waals surface area contributed by atoms with Gasteiger partial charge in [0.25, 0.3) is 0 Å². The third kappa shape index (κ3) is 6.97. The fourth-order valence-electron chi connectivity index (χ4n) is 3.31. The van der Waals surface area contributed by atoms with Crippen LogP contribution >= 0.6 is 0 Å². The van der Waals surface area contributed by atoms with Gasteiger partial charge in [-0.1, -0.05) is 30.3 Å². The zero-order chi connectivity index (χ0) is 25.2. The molecular formula is C26H28N4O5. The number of anilines is 1. The number of carbonyl (C=O) groups excluding carboxylic acids is 2. The Labute approximate surface area is 203 Å². The van der Waals surface area contributed by atoms with Crippen LogP contribution in [0.5, 0.6) is 11.5 Å². The average molecular weight is 477 g/mol. The van der Waals surface area contributed by atoms with Gasteiger partial charge in [0.05, 0.1) is 21.3 Å². The van der Waals surface area contributed by atoms with Gasteiger partial charge in [0.1, 0.15) is 23.4 Å². The largest absolute Gasteiger partial charge is 0.497 e. The molecule has 0 saturated carbocycles. The van der Waals surface area contributed by atoms with E-state index in [0.717, 1.165) is 5.56 Å². The van der Waals surface area contributed by atoms with Crippen LogP contribution in [0.4, 0.5) is 10.5 Å². The Balaban J connectivity index is 1.84. The summed E-state index contributed by atoms with van der Waals surface area (Å²) in [6, 6.07) is 20.9. The molecule has 9 nitrogen and oxygen atoms in total. The first-order valence-corrected chi connectivity index (χ1v) is 10.8. The molecular weight excluding hydrogens is 448 g/mol. The second-order valence-corrected chi connectivity index (χ2v) is 7.50. The third-order valence-electron chi connectivity index (χ3n) is 5.18. The quantitative estimate of drug-likeness (QED) is 0.275. The molecule has 0 bridgehead atoms. The van der Waals surface area contributed by atoms with E-state index in [0.29, 0.717) is 34.9 Å². The van der Waals surface area contributed by atoms with Gasteiger partial charge in [-0.25, -0.2) is 4.79 Å². The minimum absolute atomic E-state index is 0.0990. The predicted molar refractivity (Wildman–Crippen MR) is 133 cm³/mol. The number of amides is 2. The van der Waals surface area contributed by atoms with Crippen LogP contribution < -0.4 is 25.4 Å². The van der Waals surface area contributed by atoms with Gasteiger partial charge < -0.3 is 24.8 Å². The Bertz CT molecular complexity index is 1140. The lowest BCUT2D eigenvalue weighted by molar-refractivity contribution is -0.122. The second kappa shape index (κ2) is 12.1. The van der Waals surface area contributed by atoms with Crippen molar-refractivity contribution >= 4 is 23.5 Å². The highest BCUT2D eigenvalue weighted by Gasteiger charge is 2.22. The summed E-state index contributed by atoms with van der Waals surface area (Å²) in [7, 11) is 4.32. The topological polar surface area (TPSA) is 122 Å². The highest BCUT2D eigenvalue weighted by Crippen LogP contribution is 2.29. The lowest BCUT2D eigenvalue weighted by Crippen LogP contribution is -2.33. The lowest BCUT2D eigenvalue weighted by atomic mass is 10.0. The molecule has 0 heterocycles. The zero-order valence-electron chi connectivity index (χ0n) is 19.8. The molecule has 182 valence electrons. The molecule has 0 aromatic heterocycles. The van der Waals surface area contributed by atoms with Crippen molar-refractivity contribution in [3.8, 4) is 11.5 Å². The predicted octanol–water partition coefficient (Wildman–Crippen LogP) is 3.85. The zero-order valence-corrected chi connectivity index (χ0v) is 19.8. The maximum Gasteiger partial charge on any atom is 0.412 e. The van der Waals surface area contributed by atoms with E-state index in [2.05, 4.69) is 20.7 Å². The highest BCUT2D eigenvalue weighted by molar-refractivity contribution is 6.04. The molecule has 0 aliphatic carbocycles. The molecule has 0 aliphatic heterocycles. The molecule has 0 fully saturated rings. The van der Waals surface area contributed by atoms with Gasteiger partial charge in [-0.05, 0) is 47.5 Å². The van der Waals surface area contributed by atoms with Crippen molar-refractivity contribution in [1.29, 1.82) is 5.41 Å². The molecule has 1 unspecified atom stereocenters. The van der Waals surface area contributed by atoms with Crippen molar-refractivity contribution in [1.82, 2.24) is 10.6 Å². The SMILES string of the molecule is COC(=O)NC(=N)c1ccc(NC(C(=O)NCc2ccccc2)c2cc(OC)cc(OC)c2)cc1. The van der Waals surface area contributed by atoms with E-state index in [-0.39, 0.29) is 11.7 Å². The summed E-state index contributed by atoms with van der Waals surface area (Å²) in [6.45, 7) is 0.369. The van der Waals surface area contributed by atoms with Gasteiger partial charge >= 0.3 is 6.09 Å². The first-order valence-electron chi connectivity index (χ1n) is 10.8. The van der Waals surface area contributed by atoms with Crippen LogP contribution in [0.15, 0.2) is 72.8 Å². The summed E-state index contributed by atoms with van der Waals surface area (Å²) in [5.74, 6) is 0.769. The molecule has 3 aromatic rings. The number of alkyl carbamates (subject to hydrolysis) is 1. The number of amidine groups is 1. The smallest absolute Gasteiger partial charge is 0.412 e. The number of nitrogens with one attached hydrogen (secondary N) is 4. The molecule has 1 atom stereocenters. The van der Waals surface area contributed by atoms with E-state index in [1.807, 2.05) is 30.3 Å². The Morgan fingerprint density at radius 1 is 0.886 bits per heavy atom. The summed E-state index contributed by atoms with van der Waals surface area (Å²) in [5.41, 5.74) is 2.75. The van der Waals surface area contributed by atoms with Gasteiger partial charge in [-0.2, -0.15) is 0 Å². The maximum absolute atomic E-state index is 13.3. The summed E-state index contributed by atoms with van der Waals surface area (Å²) >= 11 is 0. The van der Waals surface area contributed by atoms with E-state index in [1.165, 1.54) is 7.11 Å². The molecule has 9 heteroatoms. The van der Waals surface area contributed by atoms with E-state index in [9.17, 15) is 9.59 Å². The number of rotatable bonds is 9. The van der Waals surface area contributed by atoms with Crippen molar-refractivity contribution in [3.05, 3.63) is 89.5 Å². The molecule has 0 spiro atoms. The van der Waals surface area contributed by atoms with Crippen molar-refractivity contribution in [2.45, 2.75) is 12.6 Å². The molecule has 0 aliphatic rings. The van der Waals surface area contributed by atoms with E-state index in [1.54, 1.807) is 56.7 Å². The Kier molecular flexibility index (Phi) is 8.66. The normalized spacial score (nSPS) is 11.1. The number of hydrogen-bond donors (Lipinski definition) is 4. The van der Waals surface area contributed by atoms with Crippen LogP contribution in [0.3, 0.4) is 0 Å². The minimum Gasteiger partial charge on any atom is -0.497 e. The first kappa shape index (κ1) is 25.1. The molecule has 35 heavy (non-hydrogen) atoms. The number of methoxy groups -OCH3 is 3. The molecule has 0 radical (unpaired) electrons. The van der Waals surface area contributed by atoms with Gasteiger partial charge in [-0.15, -0.1) is 0 Å². The van der Waals surface area contributed by atoms with Gasteiger partial charge in [0.2, 0.25) is 5.91 Å². The van der Waals surface area contributed by atoms with Crippen molar-refractivity contribution in [2.75, 3.05) is 26.6 Å². The molecule has 3 rings (SSSR count). The highest BCUT2D eigenvalue weighted by atomic mass is 16.5. The lowest BCUT2D eigenvalue weighted by Gasteiger charge is -2.21. The number of benzene rings is 3. The van der Waals surface area contributed by atoms with Crippen LogP contribution in [0.2, 0.25) is 0 Å². The van der Waals surface area contributed by atoms with Crippen LogP contribution in [0.25, 0.3) is 0 Å². The van der Waals surface area contributed by atoms with Gasteiger partial charge in [0.15, 0.2) is 0 Å². The Morgan fingerprint density at radius 2 is 1.51 bits per heavy atom. The van der Waals surface area contributed by atoms with Gasteiger partial charge in [-0.3, -0.25) is 15.5 Å². The number of carbonyl (C=O) groups is 2. The molecule has 2 amide bonds. The Hall–Kier alpha value is -4.53. The van der Waals surface area contributed by atoms with Crippen molar-refractivity contribution in [3.63, 3.8) is 0 Å². The summed E-state index contributed by atoms with van der Waals surface area (Å²) in [5, 5.41) is 16.5. The second-order valence-electron chi connectivity index (χ2n) is 7.50. The Morgan fingerprint density at radius 3 is 2.09 bits per heavy atom. The molecule has 3 aromatic carbocycles. The monoisotopic (exact) mass is 476 g/mol. The van der Waals surface area contributed by atoms with E-state index < -0.39 is 12.1 Å². The summed E-state index contributed by atoms with van der Waals surface area (Å²) in [4.78, 5) is 24.7. The van der Waals surface area contributed by atoms with Crippen LogP contribution in [-0.4, -0.2) is 39.2 Å². The number of hydrogen-bond acceptors (Lipinski definition) is 7. The average Bonchev–Trinajstić information content (AvgIpc) is 2.90. The number of ether oxygens (including phenoxy) is 3. The standard InChI is InChI=1S/C26H28N4O5/c1-33-21-13-19(14-22(15-21)34-2)23(25(31)28-16-17-7-5-4-6-8-17)29-20-11-9-18(10-12-20)24(27)30-26(32)35-3/h4-15,23,29H,16H2,1-3H3,(H,28,31)(H2,27,30,32). The third-order valence-corrected chi connectivity index (χ3v) is 5.18. The summed E-state index contributed by atoms with van der Waals surface area (Å²) in [6.07, 6.45) is -0.723. The fraction of sp³-hybridized carbons (Fsp3) is 0.192. The van der Waals surface area contributed by atoms with Crippen LogP contribution in [0.1, 0.15) is 22.7 Å². The molecule has 0 saturated heterocycles. The fourth-order valence-corrected chi connectivity index (χ4v) is 3.31. The molecule has 4 N–H and O–H groups in total. The van der Waals surface area contributed by atoms with E-state index in [4.69, 9.17) is 14.9 Å². The minimum atomic E-state index is -0.763. The van der Waals surface area contributed by atoms with E-state index >= 15 is 0 Å². The maximum atomic E-state index is 13.3. The first-order chi connectivity index (χ1) is 16.9. The van der Waals surface area contributed by atoms with Crippen molar-refractivity contribution in [2.24, 2.45) is 0 Å². The summed E-state index contributed by atoms with van der Waals surface area (Å²) < 4.78 is 15.3. The van der Waals surface area contributed by atoms with Gasteiger partial charge in [0, 0.05) is 23.9 Å². The van der Waals surface area contributed by atoms with Crippen LogP contribution in [-0.2, 0) is 16.1 Å².